The van der Waals surface area contributed by atoms with Gasteiger partial charge >= 0.3 is 0 Å². The maximum atomic E-state index is 6.89. The Bertz CT molecular complexity index is 544. The van der Waals surface area contributed by atoms with Crippen LogP contribution in [0.5, 0.6) is 5.75 Å². The molecular weight excluding hydrogens is 258 g/mol. The van der Waals surface area contributed by atoms with Crippen molar-refractivity contribution in [3.8, 4) is 5.75 Å². The van der Waals surface area contributed by atoms with Crippen LogP contribution in [0.1, 0.15) is 55.7 Å². The van der Waals surface area contributed by atoms with Crippen LogP contribution >= 0.6 is 0 Å². The Morgan fingerprint density at radius 1 is 1.05 bits per heavy atom. The molecule has 1 aromatic rings. The molecule has 4 fully saturated rings. The first kappa shape index (κ1) is 12.5. The highest BCUT2D eigenvalue weighted by molar-refractivity contribution is 5.46. The smallest absolute Gasteiger partial charge is 0.127 e. The number of fused-ring (bicyclic) bond motifs is 1. The van der Waals surface area contributed by atoms with E-state index in [0.29, 0.717) is 5.41 Å². The third kappa shape index (κ3) is 1.75. The molecule has 0 spiro atoms. The molecule has 1 aromatic carbocycles. The average Bonchev–Trinajstić information content (AvgIpc) is 2.93. The van der Waals surface area contributed by atoms with E-state index in [2.05, 4.69) is 18.2 Å². The summed E-state index contributed by atoms with van der Waals surface area (Å²) in [6.07, 6.45) is 9.59. The van der Waals surface area contributed by atoms with E-state index in [4.69, 9.17) is 10.5 Å². The Kier molecular flexibility index (Phi) is 2.54. The Morgan fingerprint density at radius 3 is 2.38 bits per heavy atom. The van der Waals surface area contributed by atoms with Crippen molar-refractivity contribution in [1.29, 1.82) is 0 Å². The van der Waals surface area contributed by atoms with Crippen molar-refractivity contribution >= 4 is 0 Å². The Morgan fingerprint density at radius 2 is 1.71 bits per heavy atom. The minimum absolute atomic E-state index is 0.180. The minimum Gasteiger partial charge on any atom is -0.493 e. The Balaban J connectivity index is 1.54. The van der Waals surface area contributed by atoms with Gasteiger partial charge < -0.3 is 10.5 Å². The summed E-state index contributed by atoms with van der Waals surface area (Å²) >= 11 is 0. The summed E-state index contributed by atoms with van der Waals surface area (Å²) in [5.74, 6) is 4.00. The number of nitrogens with two attached hydrogens (primary N) is 1. The van der Waals surface area contributed by atoms with Gasteiger partial charge in [-0.15, -0.1) is 0 Å². The second kappa shape index (κ2) is 4.25. The monoisotopic (exact) mass is 283 g/mol. The van der Waals surface area contributed by atoms with Gasteiger partial charge in [-0.1, -0.05) is 18.2 Å². The van der Waals surface area contributed by atoms with E-state index < -0.39 is 0 Å². The fourth-order valence-electron chi connectivity index (χ4n) is 6.37. The quantitative estimate of drug-likeness (QED) is 0.895. The van der Waals surface area contributed by atoms with Crippen LogP contribution in [0.15, 0.2) is 18.2 Å². The second-order valence-electron chi connectivity index (χ2n) is 8.19. The van der Waals surface area contributed by atoms with Crippen LogP contribution in [-0.4, -0.2) is 6.61 Å². The van der Waals surface area contributed by atoms with Crippen molar-refractivity contribution in [3.05, 3.63) is 29.3 Å². The first-order valence-electron chi connectivity index (χ1n) is 8.74. The number of para-hydroxylation sites is 1. The first-order valence-corrected chi connectivity index (χ1v) is 8.74. The van der Waals surface area contributed by atoms with Gasteiger partial charge in [-0.05, 0) is 67.3 Å². The van der Waals surface area contributed by atoms with Gasteiger partial charge in [0.15, 0.2) is 0 Å². The largest absolute Gasteiger partial charge is 0.493 e. The standard InChI is InChI=1S/C19H25NO/c20-18(16-3-1-2-15-4-5-21-17(15)16)19-9-12-6-13(10-19)8-14(7-12)11-19/h1-3,12-14,18H,4-11,20H2. The Hall–Kier alpha value is -1.02. The molecule has 112 valence electrons. The van der Waals surface area contributed by atoms with Crippen LogP contribution in [0.2, 0.25) is 0 Å². The van der Waals surface area contributed by atoms with Gasteiger partial charge in [-0.25, -0.2) is 0 Å². The van der Waals surface area contributed by atoms with Crippen molar-refractivity contribution < 1.29 is 4.74 Å². The molecule has 5 aliphatic rings. The first-order chi connectivity index (χ1) is 10.2. The maximum absolute atomic E-state index is 6.89. The van der Waals surface area contributed by atoms with Crippen LogP contribution in [0.25, 0.3) is 0 Å². The molecule has 2 nitrogen and oxygen atoms in total. The van der Waals surface area contributed by atoms with Gasteiger partial charge in [0.2, 0.25) is 0 Å². The molecule has 0 radical (unpaired) electrons. The third-order valence-electron chi connectivity index (χ3n) is 6.83. The molecule has 1 heterocycles. The molecule has 0 saturated heterocycles. The summed E-state index contributed by atoms with van der Waals surface area (Å²) < 4.78 is 5.93. The number of ether oxygens (including phenoxy) is 1. The molecule has 2 N–H and O–H groups in total. The van der Waals surface area contributed by atoms with Crippen LogP contribution in [0.4, 0.5) is 0 Å². The fourth-order valence-corrected chi connectivity index (χ4v) is 6.37. The van der Waals surface area contributed by atoms with Crippen LogP contribution in [-0.2, 0) is 6.42 Å². The zero-order valence-corrected chi connectivity index (χ0v) is 12.7. The van der Waals surface area contributed by atoms with E-state index in [-0.39, 0.29) is 6.04 Å². The molecule has 4 bridgehead atoms. The number of rotatable bonds is 2. The Labute approximate surface area is 127 Å². The molecular formula is C19H25NO. The van der Waals surface area contributed by atoms with E-state index in [1.54, 1.807) is 0 Å². The lowest BCUT2D eigenvalue weighted by atomic mass is 9.47. The lowest BCUT2D eigenvalue weighted by Crippen LogP contribution is -2.50. The van der Waals surface area contributed by atoms with Gasteiger partial charge in [-0.3, -0.25) is 0 Å². The lowest BCUT2D eigenvalue weighted by molar-refractivity contribution is -0.0680. The van der Waals surface area contributed by atoms with Gasteiger partial charge in [0.25, 0.3) is 0 Å². The van der Waals surface area contributed by atoms with Crippen molar-refractivity contribution in [3.63, 3.8) is 0 Å². The molecule has 6 rings (SSSR count). The SMILES string of the molecule is NC(c1cccc2c1OCC2)C12CC3CC(CC(C3)C1)C2. The van der Waals surface area contributed by atoms with Crippen LogP contribution < -0.4 is 10.5 Å². The van der Waals surface area contributed by atoms with E-state index in [1.165, 1.54) is 49.7 Å². The highest BCUT2D eigenvalue weighted by Crippen LogP contribution is 2.64. The van der Waals surface area contributed by atoms with E-state index in [1.807, 2.05) is 0 Å². The molecule has 0 amide bonds. The predicted octanol–water partition coefficient (Wildman–Crippen LogP) is 3.84. The van der Waals surface area contributed by atoms with E-state index >= 15 is 0 Å². The van der Waals surface area contributed by atoms with E-state index in [9.17, 15) is 0 Å². The summed E-state index contributed by atoms with van der Waals surface area (Å²) in [5.41, 5.74) is 9.92. The number of hydrogen-bond donors (Lipinski definition) is 1. The van der Waals surface area contributed by atoms with Crippen molar-refractivity contribution in [2.45, 2.75) is 51.0 Å². The molecule has 21 heavy (non-hydrogen) atoms. The predicted molar refractivity (Wildman–Crippen MR) is 83.2 cm³/mol. The maximum Gasteiger partial charge on any atom is 0.127 e. The zero-order valence-electron chi connectivity index (χ0n) is 12.7. The second-order valence-corrected chi connectivity index (χ2v) is 8.19. The van der Waals surface area contributed by atoms with Crippen molar-refractivity contribution in [1.82, 2.24) is 0 Å². The summed E-state index contributed by atoms with van der Waals surface area (Å²) in [6, 6.07) is 6.80. The van der Waals surface area contributed by atoms with Crippen molar-refractivity contribution in [2.24, 2.45) is 28.9 Å². The minimum atomic E-state index is 0.180. The van der Waals surface area contributed by atoms with Gasteiger partial charge in [-0.2, -0.15) is 0 Å². The molecule has 1 atom stereocenters. The van der Waals surface area contributed by atoms with Gasteiger partial charge in [0.1, 0.15) is 5.75 Å². The molecule has 4 saturated carbocycles. The fraction of sp³-hybridized carbons (Fsp3) is 0.684. The van der Waals surface area contributed by atoms with Crippen LogP contribution in [0, 0.1) is 23.2 Å². The normalized spacial score (nSPS) is 40.9. The van der Waals surface area contributed by atoms with Gasteiger partial charge in [0.05, 0.1) is 6.61 Å². The molecule has 0 aromatic heterocycles. The lowest BCUT2D eigenvalue weighted by Gasteiger charge is -2.59. The molecule has 4 aliphatic carbocycles. The highest BCUT2D eigenvalue weighted by atomic mass is 16.5. The third-order valence-corrected chi connectivity index (χ3v) is 6.83. The molecule has 1 aliphatic heterocycles. The topological polar surface area (TPSA) is 35.2 Å². The summed E-state index contributed by atoms with van der Waals surface area (Å²) in [5, 5.41) is 0. The summed E-state index contributed by atoms with van der Waals surface area (Å²) in [4.78, 5) is 0. The highest BCUT2D eigenvalue weighted by Gasteiger charge is 2.54. The van der Waals surface area contributed by atoms with E-state index in [0.717, 1.165) is 36.5 Å². The van der Waals surface area contributed by atoms with Crippen molar-refractivity contribution in [2.75, 3.05) is 6.61 Å². The molecule has 1 unspecified atom stereocenters. The van der Waals surface area contributed by atoms with Gasteiger partial charge in [0, 0.05) is 18.0 Å². The zero-order chi connectivity index (χ0) is 14.0. The number of hydrogen-bond acceptors (Lipinski definition) is 2. The average molecular weight is 283 g/mol. The number of benzene rings is 1. The summed E-state index contributed by atoms with van der Waals surface area (Å²) in [6.45, 7) is 0.833. The van der Waals surface area contributed by atoms with Crippen LogP contribution in [0.3, 0.4) is 0 Å². The molecule has 2 heteroatoms. The summed E-state index contributed by atoms with van der Waals surface area (Å²) in [7, 11) is 0.